The van der Waals surface area contributed by atoms with Gasteiger partial charge in [0.2, 0.25) is 0 Å². The van der Waals surface area contributed by atoms with E-state index in [0.717, 1.165) is 19.3 Å². The third-order valence-corrected chi connectivity index (χ3v) is 1.07. The van der Waals surface area contributed by atoms with Gasteiger partial charge in [0, 0.05) is 0 Å². The molecule has 0 amide bonds. The van der Waals surface area contributed by atoms with E-state index in [1.54, 1.807) is 0 Å². The summed E-state index contributed by atoms with van der Waals surface area (Å²) in [6, 6.07) is 0. The Morgan fingerprint density at radius 3 is 2.22 bits per heavy atom. The molecular weight excluding hydrogens is 127 g/mol. The predicted molar refractivity (Wildman–Crippen MR) is 33.5 cm³/mol. The SMILES string of the molecule is CCCCCC(O)O.[H-].[Na+]. The van der Waals surface area contributed by atoms with Crippen LogP contribution in [0.2, 0.25) is 0 Å². The third-order valence-electron chi connectivity index (χ3n) is 1.07. The fourth-order valence-electron chi connectivity index (χ4n) is 0.577. The Bertz CT molecular complexity index is 53.0. The standard InChI is InChI=1S/C6H14O2.Na.H/c1-2-3-4-5-6(7)8;;/h6-8H,2-5H2,1H3;;/q;+1;-1. The van der Waals surface area contributed by atoms with Crippen LogP contribution in [0.1, 0.15) is 34.0 Å². The second-order valence-electron chi connectivity index (χ2n) is 1.98. The molecule has 0 aliphatic carbocycles. The van der Waals surface area contributed by atoms with Crippen LogP contribution in [0.4, 0.5) is 0 Å². The van der Waals surface area contributed by atoms with Crippen molar-refractivity contribution in [1.29, 1.82) is 0 Å². The molecule has 0 spiro atoms. The summed E-state index contributed by atoms with van der Waals surface area (Å²) in [7, 11) is 0. The summed E-state index contributed by atoms with van der Waals surface area (Å²) in [6.07, 6.45) is 2.58. The van der Waals surface area contributed by atoms with Crippen molar-refractivity contribution in [2.24, 2.45) is 0 Å². The molecule has 0 fully saturated rings. The number of unbranched alkanes of at least 4 members (excludes halogenated alkanes) is 2. The van der Waals surface area contributed by atoms with Gasteiger partial charge in [0.05, 0.1) is 0 Å². The third kappa shape index (κ3) is 12.2. The van der Waals surface area contributed by atoms with Crippen molar-refractivity contribution in [3.63, 3.8) is 0 Å². The number of hydrogen-bond donors (Lipinski definition) is 2. The first-order valence-corrected chi connectivity index (χ1v) is 3.13. The van der Waals surface area contributed by atoms with Crippen molar-refractivity contribution in [3.8, 4) is 0 Å². The maximum Gasteiger partial charge on any atom is 1.00 e. The molecule has 0 rings (SSSR count). The van der Waals surface area contributed by atoms with Gasteiger partial charge in [0.15, 0.2) is 6.29 Å². The maximum absolute atomic E-state index is 8.33. The normalized spacial score (nSPS) is 9.33. The molecule has 0 bridgehead atoms. The molecule has 52 valence electrons. The Kier molecular flexibility index (Phi) is 12.5. The molecule has 0 aromatic rings. The average Bonchev–Trinajstić information content (AvgIpc) is 1.66. The van der Waals surface area contributed by atoms with E-state index in [1.165, 1.54) is 0 Å². The predicted octanol–water partition coefficient (Wildman–Crippen LogP) is -2.01. The molecule has 0 saturated heterocycles. The van der Waals surface area contributed by atoms with Crippen LogP contribution in [-0.4, -0.2) is 16.5 Å². The fraction of sp³-hybridized carbons (Fsp3) is 1.00. The van der Waals surface area contributed by atoms with Crippen LogP contribution in [-0.2, 0) is 0 Å². The van der Waals surface area contributed by atoms with Crippen LogP contribution >= 0.6 is 0 Å². The minimum Gasteiger partial charge on any atom is -1.00 e. The van der Waals surface area contributed by atoms with E-state index in [-0.39, 0.29) is 31.0 Å². The van der Waals surface area contributed by atoms with E-state index in [0.29, 0.717) is 6.42 Å². The number of aliphatic hydroxyl groups is 2. The van der Waals surface area contributed by atoms with Crippen molar-refractivity contribution in [1.82, 2.24) is 0 Å². The van der Waals surface area contributed by atoms with Gasteiger partial charge in [0.25, 0.3) is 0 Å². The van der Waals surface area contributed by atoms with Gasteiger partial charge >= 0.3 is 29.6 Å². The number of hydrogen-bond acceptors (Lipinski definition) is 2. The molecule has 0 unspecified atom stereocenters. The summed E-state index contributed by atoms with van der Waals surface area (Å²) in [6.45, 7) is 2.09. The maximum atomic E-state index is 8.33. The molecule has 0 aromatic heterocycles. The first-order valence-electron chi connectivity index (χ1n) is 3.13. The largest absolute Gasteiger partial charge is 1.00 e. The first kappa shape index (κ1) is 12.6. The Morgan fingerprint density at radius 1 is 1.33 bits per heavy atom. The van der Waals surface area contributed by atoms with Crippen molar-refractivity contribution in [2.45, 2.75) is 38.9 Å². The zero-order chi connectivity index (χ0) is 6.41. The molecule has 9 heavy (non-hydrogen) atoms. The quantitative estimate of drug-likeness (QED) is 0.270. The van der Waals surface area contributed by atoms with Gasteiger partial charge in [-0.3, -0.25) is 0 Å². The van der Waals surface area contributed by atoms with Crippen LogP contribution in [0.5, 0.6) is 0 Å². The van der Waals surface area contributed by atoms with Gasteiger partial charge in [-0.15, -0.1) is 0 Å². The van der Waals surface area contributed by atoms with E-state index in [1.807, 2.05) is 0 Å². The molecule has 0 aliphatic rings. The number of rotatable bonds is 4. The topological polar surface area (TPSA) is 40.5 Å². The van der Waals surface area contributed by atoms with Gasteiger partial charge in [-0.05, 0) is 12.8 Å². The molecule has 0 heterocycles. The van der Waals surface area contributed by atoms with E-state index in [9.17, 15) is 0 Å². The number of aliphatic hydroxyl groups excluding tert-OH is 1. The molecule has 3 heteroatoms. The second-order valence-corrected chi connectivity index (χ2v) is 1.98. The summed E-state index contributed by atoms with van der Waals surface area (Å²) >= 11 is 0. The first-order chi connectivity index (χ1) is 3.77. The van der Waals surface area contributed by atoms with Gasteiger partial charge in [-0.2, -0.15) is 0 Å². The van der Waals surface area contributed by atoms with Gasteiger partial charge < -0.3 is 11.6 Å². The smallest absolute Gasteiger partial charge is 1.00 e. The van der Waals surface area contributed by atoms with E-state index >= 15 is 0 Å². The monoisotopic (exact) mass is 142 g/mol. The average molecular weight is 142 g/mol. The second kappa shape index (κ2) is 8.92. The van der Waals surface area contributed by atoms with Gasteiger partial charge in [0.1, 0.15) is 0 Å². The summed E-state index contributed by atoms with van der Waals surface area (Å²) in [5.41, 5.74) is 0. The summed E-state index contributed by atoms with van der Waals surface area (Å²) in [5, 5.41) is 16.7. The van der Waals surface area contributed by atoms with Crippen molar-refractivity contribution in [3.05, 3.63) is 0 Å². The van der Waals surface area contributed by atoms with Gasteiger partial charge in [-0.25, -0.2) is 0 Å². The molecule has 2 nitrogen and oxygen atoms in total. The van der Waals surface area contributed by atoms with Crippen LogP contribution in [0.3, 0.4) is 0 Å². The van der Waals surface area contributed by atoms with E-state index < -0.39 is 6.29 Å². The Labute approximate surface area is 80.1 Å². The summed E-state index contributed by atoms with van der Waals surface area (Å²) in [4.78, 5) is 0. The van der Waals surface area contributed by atoms with Crippen LogP contribution in [0.25, 0.3) is 0 Å². The zero-order valence-electron chi connectivity index (χ0n) is 7.30. The molecule has 0 radical (unpaired) electrons. The molecular formula is C6H15NaO2. The van der Waals surface area contributed by atoms with Crippen molar-refractivity contribution >= 4 is 0 Å². The van der Waals surface area contributed by atoms with Crippen LogP contribution < -0.4 is 29.6 Å². The zero-order valence-corrected chi connectivity index (χ0v) is 8.30. The van der Waals surface area contributed by atoms with E-state index in [4.69, 9.17) is 10.2 Å². The fourth-order valence-corrected chi connectivity index (χ4v) is 0.577. The molecule has 2 N–H and O–H groups in total. The Balaban J connectivity index is -0.000000245. The molecule has 0 atom stereocenters. The molecule has 0 saturated carbocycles. The Morgan fingerprint density at radius 2 is 1.89 bits per heavy atom. The minimum atomic E-state index is -1.10. The van der Waals surface area contributed by atoms with E-state index in [2.05, 4.69) is 6.92 Å². The summed E-state index contributed by atoms with van der Waals surface area (Å²) in [5.74, 6) is 0. The van der Waals surface area contributed by atoms with Crippen LogP contribution in [0, 0.1) is 0 Å². The van der Waals surface area contributed by atoms with Crippen molar-refractivity contribution < 1.29 is 41.2 Å². The van der Waals surface area contributed by atoms with Gasteiger partial charge in [-0.1, -0.05) is 19.8 Å². The molecule has 0 aromatic carbocycles. The minimum absolute atomic E-state index is 0. The molecule has 0 aliphatic heterocycles. The Hall–Kier alpha value is 0.920. The van der Waals surface area contributed by atoms with Crippen molar-refractivity contribution in [2.75, 3.05) is 0 Å². The summed E-state index contributed by atoms with van der Waals surface area (Å²) < 4.78 is 0. The van der Waals surface area contributed by atoms with Crippen LogP contribution in [0.15, 0.2) is 0 Å².